The fourth-order valence-corrected chi connectivity index (χ4v) is 3.48. The van der Waals surface area contributed by atoms with Crippen LogP contribution in [-0.4, -0.2) is 47.7 Å². The fourth-order valence-electron chi connectivity index (χ4n) is 2.44. The van der Waals surface area contributed by atoms with E-state index in [9.17, 15) is 13.2 Å². The SMILES string of the molecule is COCCNS(=O)(=O)c1ccc(C)c(C(=O)NCCOc2ccc(C)cc2)c1. The van der Waals surface area contributed by atoms with Gasteiger partial charge in [0.15, 0.2) is 0 Å². The lowest BCUT2D eigenvalue weighted by Crippen LogP contribution is -2.30. The number of sulfonamides is 1. The van der Waals surface area contributed by atoms with Gasteiger partial charge in [-0.1, -0.05) is 23.8 Å². The molecule has 0 bridgehead atoms. The Morgan fingerprint density at radius 3 is 2.39 bits per heavy atom. The second-order valence-electron chi connectivity index (χ2n) is 6.28. The van der Waals surface area contributed by atoms with Crippen LogP contribution in [0.5, 0.6) is 5.75 Å². The molecule has 28 heavy (non-hydrogen) atoms. The molecule has 2 aromatic rings. The number of rotatable bonds is 10. The Morgan fingerprint density at radius 1 is 1.00 bits per heavy atom. The molecule has 0 spiro atoms. The molecule has 2 N–H and O–H groups in total. The zero-order valence-corrected chi connectivity index (χ0v) is 17.1. The third-order valence-corrected chi connectivity index (χ3v) is 5.50. The van der Waals surface area contributed by atoms with E-state index in [1.165, 1.54) is 19.2 Å². The number of benzene rings is 2. The van der Waals surface area contributed by atoms with Crippen LogP contribution < -0.4 is 14.8 Å². The van der Waals surface area contributed by atoms with E-state index < -0.39 is 10.0 Å². The van der Waals surface area contributed by atoms with Crippen molar-refractivity contribution in [2.75, 3.05) is 33.4 Å². The van der Waals surface area contributed by atoms with E-state index in [2.05, 4.69) is 10.0 Å². The lowest BCUT2D eigenvalue weighted by molar-refractivity contribution is 0.0946. The van der Waals surface area contributed by atoms with Crippen LogP contribution in [-0.2, 0) is 14.8 Å². The first-order valence-corrected chi connectivity index (χ1v) is 10.4. The van der Waals surface area contributed by atoms with Crippen molar-refractivity contribution in [1.29, 1.82) is 0 Å². The van der Waals surface area contributed by atoms with Crippen LogP contribution in [0.15, 0.2) is 47.4 Å². The number of methoxy groups -OCH3 is 1. The molecule has 0 saturated carbocycles. The van der Waals surface area contributed by atoms with Crippen molar-refractivity contribution in [3.05, 3.63) is 59.2 Å². The average molecular weight is 407 g/mol. The summed E-state index contributed by atoms with van der Waals surface area (Å²) in [6.07, 6.45) is 0. The van der Waals surface area contributed by atoms with Gasteiger partial charge in [0.1, 0.15) is 12.4 Å². The molecule has 0 radical (unpaired) electrons. The van der Waals surface area contributed by atoms with Crippen LogP contribution in [0, 0.1) is 13.8 Å². The first kappa shape index (κ1) is 21.9. The lowest BCUT2D eigenvalue weighted by atomic mass is 10.1. The van der Waals surface area contributed by atoms with Gasteiger partial charge >= 0.3 is 0 Å². The first-order valence-electron chi connectivity index (χ1n) is 8.90. The summed E-state index contributed by atoms with van der Waals surface area (Å²) in [6, 6.07) is 12.1. The van der Waals surface area contributed by atoms with E-state index in [0.29, 0.717) is 24.3 Å². The van der Waals surface area contributed by atoms with Gasteiger partial charge in [0.05, 0.1) is 18.0 Å². The molecular formula is C20H26N2O5S. The Morgan fingerprint density at radius 2 is 1.71 bits per heavy atom. The minimum Gasteiger partial charge on any atom is -0.492 e. The maximum absolute atomic E-state index is 12.5. The standard InChI is InChI=1S/C20H26N2O5S/c1-15-4-7-17(8-5-15)27-13-10-21-20(23)19-14-18(9-6-16(19)2)28(24,25)22-11-12-26-3/h4-9,14,22H,10-13H2,1-3H3,(H,21,23). The maximum atomic E-state index is 12.5. The van der Waals surface area contributed by atoms with Gasteiger partial charge in [-0.25, -0.2) is 13.1 Å². The van der Waals surface area contributed by atoms with Crippen molar-refractivity contribution < 1.29 is 22.7 Å². The summed E-state index contributed by atoms with van der Waals surface area (Å²) in [5, 5.41) is 2.75. The zero-order valence-electron chi connectivity index (χ0n) is 16.3. The van der Waals surface area contributed by atoms with E-state index in [1.54, 1.807) is 13.0 Å². The number of hydrogen-bond donors (Lipinski definition) is 2. The van der Waals surface area contributed by atoms with Crippen LogP contribution in [0.25, 0.3) is 0 Å². The number of aryl methyl sites for hydroxylation is 2. The highest BCUT2D eigenvalue weighted by Crippen LogP contribution is 2.16. The quantitative estimate of drug-likeness (QED) is 0.589. The minimum atomic E-state index is -3.70. The van der Waals surface area contributed by atoms with E-state index in [1.807, 2.05) is 31.2 Å². The van der Waals surface area contributed by atoms with Crippen molar-refractivity contribution in [3.8, 4) is 5.75 Å². The van der Waals surface area contributed by atoms with Crippen molar-refractivity contribution in [2.24, 2.45) is 0 Å². The van der Waals surface area contributed by atoms with Gasteiger partial charge in [-0.05, 0) is 43.7 Å². The largest absolute Gasteiger partial charge is 0.492 e. The van der Waals surface area contributed by atoms with E-state index in [0.717, 1.165) is 11.3 Å². The highest BCUT2D eigenvalue weighted by Gasteiger charge is 2.17. The summed E-state index contributed by atoms with van der Waals surface area (Å²) in [5.74, 6) is 0.380. The summed E-state index contributed by atoms with van der Waals surface area (Å²) in [6.45, 7) is 4.78. The number of ether oxygens (including phenoxy) is 2. The molecular weight excluding hydrogens is 380 g/mol. The van der Waals surface area contributed by atoms with Crippen molar-refractivity contribution in [2.45, 2.75) is 18.7 Å². The second kappa shape index (κ2) is 10.2. The molecule has 7 nitrogen and oxygen atoms in total. The second-order valence-corrected chi connectivity index (χ2v) is 8.05. The van der Waals surface area contributed by atoms with Crippen LogP contribution in [0.2, 0.25) is 0 Å². The van der Waals surface area contributed by atoms with E-state index in [4.69, 9.17) is 9.47 Å². The van der Waals surface area contributed by atoms with Gasteiger partial charge in [-0.15, -0.1) is 0 Å². The van der Waals surface area contributed by atoms with Crippen LogP contribution in [0.1, 0.15) is 21.5 Å². The van der Waals surface area contributed by atoms with Crippen LogP contribution in [0.4, 0.5) is 0 Å². The van der Waals surface area contributed by atoms with Gasteiger partial charge in [0.2, 0.25) is 10.0 Å². The Bertz CT molecular complexity index is 895. The molecule has 152 valence electrons. The Labute approximate surface area is 166 Å². The smallest absolute Gasteiger partial charge is 0.251 e. The summed E-state index contributed by atoms with van der Waals surface area (Å²) >= 11 is 0. The predicted octanol–water partition coefficient (Wildman–Crippen LogP) is 2.04. The summed E-state index contributed by atoms with van der Waals surface area (Å²) in [4.78, 5) is 12.5. The Balaban J connectivity index is 1.95. The number of hydrogen-bond acceptors (Lipinski definition) is 5. The molecule has 2 rings (SSSR count). The van der Waals surface area contributed by atoms with Crippen LogP contribution >= 0.6 is 0 Å². The van der Waals surface area contributed by atoms with Crippen molar-refractivity contribution in [1.82, 2.24) is 10.0 Å². The number of amides is 1. The van der Waals surface area contributed by atoms with Crippen molar-refractivity contribution in [3.63, 3.8) is 0 Å². The van der Waals surface area contributed by atoms with Gasteiger partial charge < -0.3 is 14.8 Å². The summed E-state index contributed by atoms with van der Waals surface area (Å²) in [7, 11) is -2.21. The Hall–Kier alpha value is -2.42. The topological polar surface area (TPSA) is 93.7 Å². The molecule has 0 atom stereocenters. The number of nitrogens with one attached hydrogen (secondary N) is 2. The molecule has 0 aliphatic carbocycles. The molecule has 2 aromatic carbocycles. The normalized spacial score (nSPS) is 11.2. The molecule has 8 heteroatoms. The van der Waals surface area contributed by atoms with Gasteiger partial charge in [0.25, 0.3) is 5.91 Å². The highest BCUT2D eigenvalue weighted by atomic mass is 32.2. The highest BCUT2D eigenvalue weighted by molar-refractivity contribution is 7.89. The third-order valence-electron chi connectivity index (χ3n) is 4.04. The molecule has 0 aliphatic heterocycles. The molecule has 0 heterocycles. The van der Waals surface area contributed by atoms with E-state index >= 15 is 0 Å². The molecule has 0 aliphatic rings. The fraction of sp³-hybridized carbons (Fsp3) is 0.350. The zero-order chi connectivity index (χ0) is 20.6. The first-order chi connectivity index (χ1) is 13.3. The molecule has 1 amide bonds. The van der Waals surface area contributed by atoms with Crippen molar-refractivity contribution >= 4 is 15.9 Å². The predicted molar refractivity (Wildman–Crippen MR) is 107 cm³/mol. The van der Waals surface area contributed by atoms with Gasteiger partial charge in [0, 0.05) is 19.2 Å². The summed E-state index contributed by atoms with van der Waals surface area (Å²) in [5.41, 5.74) is 2.14. The molecule has 0 saturated heterocycles. The average Bonchev–Trinajstić information content (AvgIpc) is 2.66. The van der Waals surface area contributed by atoms with E-state index in [-0.39, 0.29) is 24.0 Å². The number of carbonyl (C=O) groups is 1. The minimum absolute atomic E-state index is 0.0373. The molecule has 0 aromatic heterocycles. The van der Waals surface area contributed by atoms with Crippen LogP contribution in [0.3, 0.4) is 0 Å². The lowest BCUT2D eigenvalue weighted by Gasteiger charge is -2.12. The maximum Gasteiger partial charge on any atom is 0.251 e. The monoisotopic (exact) mass is 406 g/mol. The van der Waals surface area contributed by atoms with Gasteiger partial charge in [-0.3, -0.25) is 4.79 Å². The number of carbonyl (C=O) groups excluding carboxylic acids is 1. The third kappa shape index (κ3) is 6.33. The Kier molecular flexibility index (Phi) is 7.98. The molecule has 0 fully saturated rings. The molecule has 0 unspecified atom stereocenters. The van der Waals surface area contributed by atoms with Gasteiger partial charge in [-0.2, -0.15) is 0 Å². The summed E-state index contributed by atoms with van der Waals surface area (Å²) < 4.78 is 37.5.